The van der Waals surface area contributed by atoms with Crippen molar-refractivity contribution in [1.82, 2.24) is 0 Å². The minimum Gasteiger partial charge on any atom is -0.460 e. The number of ether oxygens (including phenoxy) is 5. The van der Waals surface area contributed by atoms with Crippen molar-refractivity contribution >= 4 is 35.6 Å². The zero-order chi connectivity index (χ0) is 22.4. The van der Waals surface area contributed by atoms with Gasteiger partial charge in [0.1, 0.15) is 11.0 Å². The van der Waals surface area contributed by atoms with Crippen LogP contribution < -0.4 is 0 Å². The van der Waals surface area contributed by atoms with Gasteiger partial charge in [0, 0.05) is 26.5 Å². The molecule has 0 amide bonds. The Bertz CT molecular complexity index is 613. The van der Waals surface area contributed by atoms with Crippen molar-refractivity contribution in [3.05, 3.63) is 0 Å². The summed E-state index contributed by atoms with van der Waals surface area (Å²) in [5.74, 6) is -1.84. The highest BCUT2D eigenvalue weighted by Crippen LogP contribution is 2.34. The summed E-state index contributed by atoms with van der Waals surface area (Å²) in [6, 6.07) is 0. The topological polar surface area (TPSA) is 114 Å². The van der Waals surface area contributed by atoms with Gasteiger partial charge in [-0.05, 0) is 27.7 Å². The third kappa shape index (κ3) is 9.03. The third-order valence-corrected chi connectivity index (χ3v) is 4.79. The minimum absolute atomic E-state index is 0.120. The number of thioether (sulfide) groups is 1. The lowest BCUT2D eigenvalue weighted by Gasteiger charge is -2.43. The first-order valence-corrected chi connectivity index (χ1v) is 10.4. The fraction of sp³-hybridized carbons (Fsp3) is 0.789. The van der Waals surface area contributed by atoms with Gasteiger partial charge in [0.05, 0.1) is 12.5 Å². The molecule has 166 valence electrons. The highest BCUT2D eigenvalue weighted by molar-refractivity contribution is 7.99. The minimum atomic E-state index is -1.04. The first-order valence-electron chi connectivity index (χ1n) is 9.30. The number of esters is 4. The van der Waals surface area contributed by atoms with Crippen molar-refractivity contribution in [2.45, 2.75) is 90.3 Å². The Hall–Kier alpha value is -1.81. The van der Waals surface area contributed by atoms with Gasteiger partial charge in [0.15, 0.2) is 18.3 Å². The molecular formula is C19H30O9S. The molecule has 0 aromatic heterocycles. The quantitative estimate of drug-likeness (QED) is 0.435. The maximum absolute atomic E-state index is 11.9. The molecule has 1 rings (SSSR count). The standard InChI is InChI=1S/C19H30O9S/c1-10-15(25-11(2)20)16(26-12(3)21)17(27-13(4)22)18(24-10)29-9-8-14(23)28-19(5,6)7/h10,15-18H,8-9H2,1-7H3/t10-,15+,16+,17-,18+/m0/s1. The summed E-state index contributed by atoms with van der Waals surface area (Å²) in [5.41, 5.74) is -1.32. The maximum Gasteiger partial charge on any atom is 0.307 e. The Labute approximate surface area is 175 Å². The van der Waals surface area contributed by atoms with E-state index in [1.54, 1.807) is 27.7 Å². The van der Waals surface area contributed by atoms with Gasteiger partial charge in [0.2, 0.25) is 0 Å². The lowest BCUT2D eigenvalue weighted by atomic mass is 10.00. The van der Waals surface area contributed by atoms with Crippen LogP contribution in [0.2, 0.25) is 0 Å². The van der Waals surface area contributed by atoms with Crippen molar-refractivity contribution < 1.29 is 42.9 Å². The zero-order valence-electron chi connectivity index (χ0n) is 17.9. The molecule has 0 aliphatic carbocycles. The highest BCUT2D eigenvalue weighted by Gasteiger charge is 2.50. The highest BCUT2D eigenvalue weighted by atomic mass is 32.2. The van der Waals surface area contributed by atoms with Crippen LogP contribution in [0.3, 0.4) is 0 Å². The van der Waals surface area contributed by atoms with E-state index in [2.05, 4.69) is 0 Å². The number of carbonyl (C=O) groups excluding carboxylic acids is 4. The first-order chi connectivity index (χ1) is 13.3. The second-order valence-electron chi connectivity index (χ2n) is 7.64. The van der Waals surface area contributed by atoms with Crippen LogP contribution >= 0.6 is 11.8 Å². The van der Waals surface area contributed by atoms with E-state index >= 15 is 0 Å². The number of hydrogen-bond acceptors (Lipinski definition) is 10. The Balaban J connectivity index is 2.94. The van der Waals surface area contributed by atoms with E-state index in [1.807, 2.05) is 0 Å². The summed E-state index contributed by atoms with van der Waals surface area (Å²) in [5, 5.41) is 0. The van der Waals surface area contributed by atoms with Gasteiger partial charge in [-0.25, -0.2) is 0 Å². The van der Waals surface area contributed by atoms with Crippen LogP contribution in [0.1, 0.15) is 54.9 Å². The molecule has 0 saturated carbocycles. The van der Waals surface area contributed by atoms with Crippen molar-refractivity contribution in [3.63, 3.8) is 0 Å². The molecule has 0 bridgehead atoms. The monoisotopic (exact) mass is 434 g/mol. The van der Waals surface area contributed by atoms with E-state index in [0.29, 0.717) is 5.75 Å². The smallest absolute Gasteiger partial charge is 0.307 e. The predicted octanol–water partition coefficient (Wildman–Crippen LogP) is 1.99. The van der Waals surface area contributed by atoms with Crippen LogP contribution in [0.4, 0.5) is 0 Å². The summed E-state index contributed by atoms with van der Waals surface area (Å²) in [7, 11) is 0. The van der Waals surface area contributed by atoms with Crippen LogP contribution in [0.25, 0.3) is 0 Å². The van der Waals surface area contributed by atoms with E-state index in [-0.39, 0.29) is 12.4 Å². The third-order valence-electron chi connectivity index (χ3n) is 3.64. The number of carbonyl (C=O) groups is 4. The molecule has 0 N–H and O–H groups in total. The van der Waals surface area contributed by atoms with Crippen LogP contribution in [-0.2, 0) is 42.9 Å². The summed E-state index contributed by atoms with van der Waals surface area (Å²) < 4.78 is 27.1. The Morgan fingerprint density at radius 1 is 0.862 bits per heavy atom. The summed E-state index contributed by atoms with van der Waals surface area (Å²) in [6.45, 7) is 10.6. The molecule has 1 aliphatic heterocycles. The molecule has 29 heavy (non-hydrogen) atoms. The normalized spacial score (nSPS) is 26.9. The van der Waals surface area contributed by atoms with Crippen LogP contribution in [0.15, 0.2) is 0 Å². The molecule has 0 aromatic carbocycles. The van der Waals surface area contributed by atoms with Crippen LogP contribution in [-0.4, -0.2) is 65.1 Å². The van der Waals surface area contributed by atoms with Crippen LogP contribution in [0, 0.1) is 0 Å². The molecule has 0 spiro atoms. The van der Waals surface area contributed by atoms with Gasteiger partial charge >= 0.3 is 23.9 Å². The number of hydrogen-bond donors (Lipinski definition) is 0. The Kier molecular flexibility index (Phi) is 9.41. The molecule has 10 heteroatoms. The molecule has 1 aliphatic rings. The largest absolute Gasteiger partial charge is 0.460 e. The van der Waals surface area contributed by atoms with Gasteiger partial charge in [-0.15, -0.1) is 11.8 Å². The van der Waals surface area contributed by atoms with Crippen molar-refractivity contribution in [2.24, 2.45) is 0 Å². The average Bonchev–Trinajstić information content (AvgIpc) is 2.51. The molecule has 1 saturated heterocycles. The lowest BCUT2D eigenvalue weighted by molar-refractivity contribution is -0.229. The zero-order valence-corrected chi connectivity index (χ0v) is 18.7. The van der Waals surface area contributed by atoms with Gasteiger partial charge in [-0.1, -0.05) is 0 Å². The second-order valence-corrected chi connectivity index (χ2v) is 8.85. The summed E-state index contributed by atoms with van der Waals surface area (Å²) in [4.78, 5) is 46.6. The molecule has 9 nitrogen and oxygen atoms in total. The van der Waals surface area contributed by atoms with E-state index < -0.39 is 53.4 Å². The Morgan fingerprint density at radius 2 is 1.34 bits per heavy atom. The molecule has 0 radical (unpaired) electrons. The van der Waals surface area contributed by atoms with E-state index in [4.69, 9.17) is 23.7 Å². The van der Waals surface area contributed by atoms with Gasteiger partial charge in [0.25, 0.3) is 0 Å². The van der Waals surface area contributed by atoms with Gasteiger partial charge in [-0.3, -0.25) is 19.2 Å². The fourth-order valence-electron chi connectivity index (χ4n) is 2.75. The predicted molar refractivity (Wildman–Crippen MR) is 104 cm³/mol. The van der Waals surface area contributed by atoms with E-state index in [0.717, 1.165) is 0 Å². The van der Waals surface area contributed by atoms with E-state index in [1.165, 1.54) is 32.5 Å². The number of rotatable bonds is 7. The fourth-order valence-corrected chi connectivity index (χ4v) is 3.93. The van der Waals surface area contributed by atoms with Crippen molar-refractivity contribution in [1.29, 1.82) is 0 Å². The molecular weight excluding hydrogens is 404 g/mol. The Morgan fingerprint density at radius 3 is 1.83 bits per heavy atom. The molecule has 5 atom stereocenters. The lowest BCUT2D eigenvalue weighted by Crippen LogP contribution is -2.59. The molecule has 1 fully saturated rings. The molecule has 0 aromatic rings. The molecule has 1 heterocycles. The van der Waals surface area contributed by atoms with Gasteiger partial charge < -0.3 is 23.7 Å². The molecule has 0 unspecified atom stereocenters. The average molecular weight is 435 g/mol. The van der Waals surface area contributed by atoms with Crippen molar-refractivity contribution in [2.75, 3.05) is 5.75 Å². The maximum atomic E-state index is 11.9. The second kappa shape index (κ2) is 10.8. The SMILES string of the molecule is CC(=O)O[C@@H]1[C@H](OC(C)=O)[C@H](C)O[C@H](SCCC(=O)OC(C)(C)C)[C@H]1OC(C)=O. The van der Waals surface area contributed by atoms with Crippen molar-refractivity contribution in [3.8, 4) is 0 Å². The summed E-state index contributed by atoms with van der Waals surface area (Å²) in [6.07, 6.45) is -3.50. The summed E-state index contributed by atoms with van der Waals surface area (Å²) >= 11 is 1.23. The first kappa shape index (κ1) is 25.2. The van der Waals surface area contributed by atoms with Gasteiger partial charge in [-0.2, -0.15) is 0 Å². The van der Waals surface area contributed by atoms with E-state index in [9.17, 15) is 19.2 Å². The van der Waals surface area contributed by atoms with Crippen LogP contribution in [0.5, 0.6) is 0 Å².